The molecule has 0 fully saturated rings. The van der Waals surface area contributed by atoms with Gasteiger partial charge in [0, 0.05) is 29.2 Å². The Hall–Kier alpha value is -2.51. The van der Waals surface area contributed by atoms with E-state index < -0.39 is 16.0 Å². The molecule has 1 aromatic heterocycles. The highest BCUT2D eigenvalue weighted by atomic mass is 35.5. The number of halogens is 1. The average Bonchev–Trinajstić information content (AvgIpc) is 3.04. The number of rotatable bonds is 4. The fraction of sp³-hybridized carbons (Fsp3) is 0.118. The van der Waals surface area contributed by atoms with E-state index in [1.807, 2.05) is 0 Å². The zero-order valence-corrected chi connectivity index (χ0v) is 15.1. The first-order valence-corrected chi connectivity index (χ1v) is 9.11. The molecule has 0 atom stereocenters. The van der Waals surface area contributed by atoms with Crippen molar-refractivity contribution in [2.75, 3.05) is 18.5 Å². The van der Waals surface area contributed by atoms with E-state index >= 15 is 0 Å². The van der Waals surface area contributed by atoms with Crippen LogP contribution >= 0.6 is 11.6 Å². The number of anilines is 1. The molecule has 0 aliphatic rings. The van der Waals surface area contributed by atoms with E-state index in [0.29, 0.717) is 15.9 Å². The standard InChI is InChI=1S/C17H15ClN2O4S/c1-20(15-6-4-3-5-13(15)17(21)24-2)25(22,23)16-10-19-14-9-11(18)7-8-12(14)16/h3-10,19H,1-2H3. The molecule has 25 heavy (non-hydrogen) atoms. The molecule has 3 aromatic rings. The number of sulfonamides is 1. The van der Waals surface area contributed by atoms with E-state index in [0.717, 1.165) is 4.31 Å². The van der Waals surface area contributed by atoms with Crippen LogP contribution in [-0.4, -0.2) is 33.5 Å². The molecule has 0 saturated heterocycles. The van der Waals surface area contributed by atoms with E-state index in [4.69, 9.17) is 16.3 Å². The van der Waals surface area contributed by atoms with Gasteiger partial charge >= 0.3 is 5.97 Å². The molecule has 1 heterocycles. The van der Waals surface area contributed by atoms with Crippen LogP contribution in [0.5, 0.6) is 0 Å². The third-order valence-electron chi connectivity index (χ3n) is 3.89. The number of aromatic nitrogens is 1. The number of nitrogens with zero attached hydrogens (tertiary/aromatic N) is 1. The van der Waals surface area contributed by atoms with Crippen LogP contribution in [0.4, 0.5) is 5.69 Å². The van der Waals surface area contributed by atoms with Crippen molar-refractivity contribution < 1.29 is 17.9 Å². The van der Waals surface area contributed by atoms with Gasteiger partial charge in [0.05, 0.1) is 18.4 Å². The number of benzene rings is 2. The van der Waals surface area contributed by atoms with Gasteiger partial charge in [0.2, 0.25) is 0 Å². The van der Waals surface area contributed by atoms with Gasteiger partial charge in [-0.2, -0.15) is 0 Å². The average molecular weight is 379 g/mol. The molecular weight excluding hydrogens is 364 g/mol. The topological polar surface area (TPSA) is 79.5 Å². The van der Waals surface area contributed by atoms with Crippen molar-refractivity contribution >= 4 is 44.2 Å². The zero-order chi connectivity index (χ0) is 18.2. The molecule has 0 amide bonds. The molecule has 0 radical (unpaired) electrons. The van der Waals surface area contributed by atoms with E-state index in [9.17, 15) is 13.2 Å². The summed E-state index contributed by atoms with van der Waals surface area (Å²) < 4.78 is 32.0. The normalized spacial score (nSPS) is 11.5. The van der Waals surface area contributed by atoms with Crippen molar-refractivity contribution in [1.29, 1.82) is 0 Å². The van der Waals surface area contributed by atoms with E-state index in [2.05, 4.69) is 4.98 Å². The van der Waals surface area contributed by atoms with Gasteiger partial charge in [0.15, 0.2) is 0 Å². The van der Waals surface area contributed by atoms with E-state index in [-0.39, 0.29) is 16.1 Å². The van der Waals surface area contributed by atoms with Gasteiger partial charge < -0.3 is 9.72 Å². The molecule has 6 nitrogen and oxygen atoms in total. The molecule has 0 aliphatic carbocycles. The minimum Gasteiger partial charge on any atom is -0.465 e. The van der Waals surface area contributed by atoms with Crippen LogP contribution in [0.3, 0.4) is 0 Å². The maximum absolute atomic E-state index is 13.1. The largest absolute Gasteiger partial charge is 0.465 e. The maximum Gasteiger partial charge on any atom is 0.340 e. The number of para-hydroxylation sites is 1. The summed E-state index contributed by atoms with van der Waals surface area (Å²) >= 11 is 5.94. The quantitative estimate of drug-likeness (QED) is 0.705. The molecule has 0 saturated carbocycles. The summed E-state index contributed by atoms with van der Waals surface area (Å²) in [6.45, 7) is 0. The van der Waals surface area contributed by atoms with Crippen LogP contribution in [0.25, 0.3) is 10.9 Å². The van der Waals surface area contributed by atoms with Crippen LogP contribution in [0.1, 0.15) is 10.4 Å². The number of carbonyl (C=O) groups is 1. The predicted molar refractivity (Wildman–Crippen MR) is 96.7 cm³/mol. The highest BCUT2D eigenvalue weighted by Crippen LogP contribution is 2.31. The lowest BCUT2D eigenvalue weighted by molar-refractivity contribution is 0.0601. The zero-order valence-electron chi connectivity index (χ0n) is 13.5. The second kappa shape index (κ2) is 6.42. The molecule has 0 bridgehead atoms. The van der Waals surface area contributed by atoms with Gasteiger partial charge in [-0.25, -0.2) is 13.2 Å². The van der Waals surface area contributed by atoms with Crippen molar-refractivity contribution in [3.8, 4) is 0 Å². The molecule has 3 rings (SSSR count). The first-order chi connectivity index (χ1) is 11.9. The number of nitrogens with one attached hydrogen (secondary N) is 1. The number of aromatic amines is 1. The molecule has 1 N–H and O–H groups in total. The van der Waals surface area contributed by atoms with Crippen LogP contribution in [0, 0.1) is 0 Å². The SMILES string of the molecule is COC(=O)c1ccccc1N(C)S(=O)(=O)c1c[nH]c2cc(Cl)ccc12. The summed E-state index contributed by atoms with van der Waals surface area (Å²) in [4.78, 5) is 14.9. The van der Waals surface area contributed by atoms with Gasteiger partial charge in [0.25, 0.3) is 10.0 Å². The van der Waals surface area contributed by atoms with Crippen molar-refractivity contribution in [3.63, 3.8) is 0 Å². The lowest BCUT2D eigenvalue weighted by Crippen LogP contribution is -2.28. The second-order valence-corrected chi connectivity index (χ2v) is 7.70. The summed E-state index contributed by atoms with van der Waals surface area (Å²) in [7, 11) is -1.26. The number of hydrogen-bond donors (Lipinski definition) is 1. The van der Waals surface area contributed by atoms with Gasteiger partial charge in [-0.1, -0.05) is 23.7 Å². The summed E-state index contributed by atoms with van der Waals surface area (Å²) in [6.07, 6.45) is 1.41. The van der Waals surface area contributed by atoms with Crippen LogP contribution < -0.4 is 4.31 Å². The van der Waals surface area contributed by atoms with Crippen molar-refractivity contribution in [3.05, 3.63) is 59.2 Å². The van der Waals surface area contributed by atoms with Crippen molar-refractivity contribution in [2.24, 2.45) is 0 Å². The second-order valence-electron chi connectivity index (χ2n) is 5.32. The lowest BCUT2D eigenvalue weighted by Gasteiger charge is -2.21. The first-order valence-electron chi connectivity index (χ1n) is 7.29. The van der Waals surface area contributed by atoms with Gasteiger partial charge in [-0.3, -0.25) is 4.31 Å². The Balaban J connectivity index is 2.13. The number of fused-ring (bicyclic) bond motifs is 1. The molecule has 8 heteroatoms. The van der Waals surface area contributed by atoms with Crippen molar-refractivity contribution in [2.45, 2.75) is 4.90 Å². The Kier molecular flexibility index (Phi) is 4.45. The summed E-state index contributed by atoms with van der Waals surface area (Å²) in [6, 6.07) is 11.3. The summed E-state index contributed by atoms with van der Waals surface area (Å²) in [5.74, 6) is -0.608. The first kappa shape index (κ1) is 17.3. The molecular formula is C17H15ClN2O4S. The fourth-order valence-corrected chi connectivity index (χ4v) is 4.14. The Morgan fingerprint density at radius 2 is 1.92 bits per heavy atom. The number of hydrogen-bond acceptors (Lipinski definition) is 4. The minimum atomic E-state index is -3.90. The number of ether oxygens (including phenoxy) is 1. The predicted octanol–water partition coefficient (Wildman–Crippen LogP) is 3.43. The van der Waals surface area contributed by atoms with Crippen LogP contribution in [-0.2, 0) is 14.8 Å². The Morgan fingerprint density at radius 3 is 2.64 bits per heavy atom. The highest BCUT2D eigenvalue weighted by Gasteiger charge is 2.27. The molecule has 0 aliphatic heterocycles. The molecule has 130 valence electrons. The number of H-pyrrole nitrogens is 1. The molecule has 0 spiro atoms. The third-order valence-corrected chi connectivity index (χ3v) is 5.94. The number of esters is 1. The van der Waals surface area contributed by atoms with E-state index in [1.165, 1.54) is 26.4 Å². The minimum absolute atomic E-state index is 0.0985. The number of carbonyl (C=O) groups excluding carboxylic acids is 1. The van der Waals surface area contributed by atoms with Gasteiger partial charge in [-0.05, 0) is 30.3 Å². The Labute approximate surface area is 150 Å². The third kappa shape index (κ3) is 2.96. The van der Waals surface area contributed by atoms with Gasteiger partial charge in [0.1, 0.15) is 4.90 Å². The van der Waals surface area contributed by atoms with Gasteiger partial charge in [-0.15, -0.1) is 0 Å². The van der Waals surface area contributed by atoms with E-state index in [1.54, 1.807) is 36.4 Å². The molecule has 2 aromatic carbocycles. The monoisotopic (exact) mass is 378 g/mol. The Morgan fingerprint density at radius 1 is 1.20 bits per heavy atom. The van der Waals surface area contributed by atoms with Crippen LogP contribution in [0.2, 0.25) is 5.02 Å². The van der Waals surface area contributed by atoms with Crippen molar-refractivity contribution in [1.82, 2.24) is 4.98 Å². The maximum atomic E-state index is 13.1. The lowest BCUT2D eigenvalue weighted by atomic mass is 10.2. The Bertz CT molecular complexity index is 1060. The fourth-order valence-electron chi connectivity index (χ4n) is 2.59. The summed E-state index contributed by atoms with van der Waals surface area (Å²) in [5, 5.41) is 1.02. The smallest absolute Gasteiger partial charge is 0.340 e. The summed E-state index contributed by atoms with van der Waals surface area (Å²) in [5.41, 5.74) is 1.01. The number of methoxy groups -OCH3 is 1. The molecule has 0 unspecified atom stereocenters. The highest BCUT2D eigenvalue weighted by molar-refractivity contribution is 7.93. The van der Waals surface area contributed by atoms with Crippen LogP contribution in [0.15, 0.2) is 53.6 Å².